The van der Waals surface area contributed by atoms with Crippen molar-refractivity contribution in [1.29, 1.82) is 0 Å². The monoisotopic (exact) mass is 671 g/mol. The lowest BCUT2D eigenvalue weighted by atomic mass is 10.1. The third-order valence-corrected chi connectivity index (χ3v) is 9.73. The molecule has 250 valence electrons. The lowest BCUT2D eigenvalue weighted by Gasteiger charge is -2.33. The molecule has 0 aliphatic carbocycles. The van der Waals surface area contributed by atoms with Crippen LogP contribution in [0, 0.1) is 6.92 Å². The van der Waals surface area contributed by atoms with Gasteiger partial charge in [-0.25, -0.2) is 4.98 Å². The molecule has 1 aliphatic rings. The van der Waals surface area contributed by atoms with Gasteiger partial charge in [-0.3, -0.25) is 9.80 Å². The predicted octanol–water partition coefficient (Wildman–Crippen LogP) is 13.1. The van der Waals surface area contributed by atoms with Crippen LogP contribution in [0.15, 0.2) is 182 Å². The fourth-order valence-corrected chi connectivity index (χ4v) is 7.50. The quantitative estimate of drug-likeness (QED) is 0.182. The number of nitrogens with zero attached hydrogens (tertiary/aromatic N) is 5. The molecule has 0 unspecified atom stereocenters. The Bertz CT molecular complexity index is 2450. The van der Waals surface area contributed by atoms with Gasteiger partial charge >= 0.3 is 0 Å². The van der Waals surface area contributed by atoms with Crippen molar-refractivity contribution in [3.05, 3.63) is 193 Å². The van der Waals surface area contributed by atoms with E-state index < -0.39 is 0 Å². The molecule has 0 amide bonds. The summed E-state index contributed by atoms with van der Waals surface area (Å²) in [6.45, 7) is 4.29. The molecule has 1 aliphatic heterocycles. The molecule has 9 rings (SSSR count). The number of benzene rings is 6. The maximum atomic E-state index is 5.56. The van der Waals surface area contributed by atoms with Crippen LogP contribution >= 0.6 is 0 Å². The SMILES string of the molecule is C/C=C\c1c(C)n(-c2cc3nc(c2)N(c2ccccc2)c2cccc(c2)N(c2ccccc2)c2cccc(c2)N3c2ccccc2)c2ccccc12. The Morgan fingerprint density at radius 1 is 0.423 bits per heavy atom. The first-order valence-corrected chi connectivity index (χ1v) is 17.7. The zero-order valence-corrected chi connectivity index (χ0v) is 29.1. The summed E-state index contributed by atoms with van der Waals surface area (Å²) >= 11 is 0. The molecule has 52 heavy (non-hydrogen) atoms. The number of para-hydroxylation sites is 4. The van der Waals surface area contributed by atoms with Crippen molar-refractivity contribution in [3.8, 4) is 5.69 Å². The first kappa shape index (κ1) is 31.2. The van der Waals surface area contributed by atoms with E-state index in [0.29, 0.717) is 0 Å². The number of anilines is 9. The first-order chi connectivity index (χ1) is 25.7. The van der Waals surface area contributed by atoms with Crippen molar-refractivity contribution in [2.24, 2.45) is 0 Å². The van der Waals surface area contributed by atoms with Crippen molar-refractivity contribution >= 4 is 68.4 Å². The van der Waals surface area contributed by atoms with Gasteiger partial charge in [0.25, 0.3) is 0 Å². The molecule has 0 spiro atoms. The van der Waals surface area contributed by atoms with Crippen LogP contribution in [0.1, 0.15) is 18.2 Å². The molecule has 0 saturated carbocycles. The number of hydrogen-bond donors (Lipinski definition) is 0. The van der Waals surface area contributed by atoms with E-state index in [-0.39, 0.29) is 0 Å². The van der Waals surface area contributed by atoms with E-state index in [2.05, 4.69) is 221 Å². The number of rotatable bonds is 5. The first-order valence-electron chi connectivity index (χ1n) is 17.7. The van der Waals surface area contributed by atoms with Crippen molar-refractivity contribution in [1.82, 2.24) is 9.55 Å². The number of allylic oxidation sites excluding steroid dienone is 1. The fourth-order valence-electron chi connectivity index (χ4n) is 7.50. The second-order valence-corrected chi connectivity index (χ2v) is 12.9. The van der Waals surface area contributed by atoms with Crippen LogP contribution in [0.25, 0.3) is 22.7 Å². The second kappa shape index (κ2) is 13.1. The lowest BCUT2D eigenvalue weighted by molar-refractivity contribution is 1.03. The van der Waals surface area contributed by atoms with Gasteiger partial charge in [0.1, 0.15) is 11.6 Å². The summed E-state index contributed by atoms with van der Waals surface area (Å²) in [5.74, 6) is 1.62. The fraction of sp³-hybridized carbons (Fsp3) is 0.0426. The Balaban J connectivity index is 1.40. The Hall–Kier alpha value is -6.85. The van der Waals surface area contributed by atoms with Gasteiger partial charge in [0.2, 0.25) is 0 Å². The van der Waals surface area contributed by atoms with Crippen molar-refractivity contribution in [2.75, 3.05) is 14.7 Å². The van der Waals surface area contributed by atoms with E-state index in [1.54, 1.807) is 0 Å². The molecule has 0 fully saturated rings. The van der Waals surface area contributed by atoms with Crippen molar-refractivity contribution < 1.29 is 0 Å². The van der Waals surface area contributed by atoms with E-state index in [1.807, 2.05) is 0 Å². The normalized spacial score (nSPS) is 12.6. The highest BCUT2D eigenvalue weighted by Crippen LogP contribution is 2.45. The number of aromatic nitrogens is 2. The number of pyridine rings is 1. The molecular formula is C47H37N5. The van der Waals surface area contributed by atoms with Crippen LogP contribution in [-0.4, -0.2) is 9.55 Å². The van der Waals surface area contributed by atoms with Gasteiger partial charge in [-0.05, 0) is 92.7 Å². The number of fused-ring (bicyclic) bond motifs is 7. The largest absolute Gasteiger partial charge is 0.313 e. The summed E-state index contributed by atoms with van der Waals surface area (Å²) in [6.07, 6.45) is 4.33. The molecule has 3 heterocycles. The zero-order valence-electron chi connectivity index (χ0n) is 29.1. The van der Waals surface area contributed by atoms with Gasteiger partial charge in [0.15, 0.2) is 0 Å². The summed E-state index contributed by atoms with van der Waals surface area (Å²) < 4.78 is 2.38. The summed E-state index contributed by atoms with van der Waals surface area (Å²) in [7, 11) is 0. The van der Waals surface area contributed by atoms with Gasteiger partial charge < -0.3 is 9.47 Å². The third kappa shape index (κ3) is 5.40. The minimum absolute atomic E-state index is 0.810. The van der Waals surface area contributed by atoms with Crippen LogP contribution in [0.3, 0.4) is 0 Å². The van der Waals surface area contributed by atoms with Crippen LogP contribution in [-0.2, 0) is 0 Å². The topological polar surface area (TPSA) is 27.5 Å². The molecule has 6 bridgehead atoms. The van der Waals surface area contributed by atoms with E-state index in [4.69, 9.17) is 4.98 Å². The number of hydrogen-bond acceptors (Lipinski definition) is 4. The third-order valence-electron chi connectivity index (χ3n) is 9.73. The standard InChI is InChI=1S/C47H37N5/c1-3-17-43-34(2)49(45-29-14-13-28-44(43)45)42-32-46-48-47(33-42)52(37-22-11-6-12-23-37)41-27-16-25-39(31-41)50(35-18-7-4-8-19-35)38-24-15-26-40(30-38)51(46)36-20-9-5-10-21-36/h3-33H,1-2H3/b17-3-. The average Bonchev–Trinajstić information content (AvgIpc) is 3.47. The summed E-state index contributed by atoms with van der Waals surface area (Å²) in [6, 6.07) is 62.3. The van der Waals surface area contributed by atoms with Gasteiger partial charge in [0, 0.05) is 68.6 Å². The van der Waals surface area contributed by atoms with Gasteiger partial charge in [-0.2, -0.15) is 0 Å². The molecule has 5 heteroatoms. The molecule has 8 aromatic rings. The maximum absolute atomic E-state index is 5.56. The molecule has 0 atom stereocenters. The molecule has 2 aromatic heterocycles. The Labute approximate surface area is 304 Å². The molecular weight excluding hydrogens is 635 g/mol. The van der Waals surface area contributed by atoms with Crippen LogP contribution in [0.4, 0.5) is 51.4 Å². The Morgan fingerprint density at radius 2 is 0.846 bits per heavy atom. The zero-order chi connectivity index (χ0) is 35.0. The highest BCUT2D eigenvalue weighted by atomic mass is 15.3. The van der Waals surface area contributed by atoms with E-state index in [9.17, 15) is 0 Å². The summed E-state index contributed by atoms with van der Waals surface area (Å²) in [5, 5.41) is 1.22. The second-order valence-electron chi connectivity index (χ2n) is 12.9. The highest BCUT2D eigenvalue weighted by molar-refractivity contribution is 5.94. The van der Waals surface area contributed by atoms with Crippen LogP contribution < -0.4 is 14.7 Å². The van der Waals surface area contributed by atoms with Gasteiger partial charge in [-0.15, -0.1) is 0 Å². The van der Waals surface area contributed by atoms with Crippen molar-refractivity contribution in [2.45, 2.75) is 13.8 Å². The Morgan fingerprint density at radius 3 is 1.35 bits per heavy atom. The van der Waals surface area contributed by atoms with E-state index in [0.717, 1.165) is 62.7 Å². The smallest absolute Gasteiger partial charge is 0.142 e. The Kier molecular flexibility index (Phi) is 7.86. The van der Waals surface area contributed by atoms with Crippen molar-refractivity contribution in [3.63, 3.8) is 0 Å². The van der Waals surface area contributed by atoms with Gasteiger partial charge in [0.05, 0.1) is 11.2 Å². The molecule has 0 N–H and O–H groups in total. The van der Waals surface area contributed by atoms with Crippen LogP contribution in [0.2, 0.25) is 0 Å². The minimum Gasteiger partial charge on any atom is -0.313 e. The summed E-state index contributed by atoms with van der Waals surface area (Å²) in [5.41, 5.74) is 11.8. The van der Waals surface area contributed by atoms with Crippen LogP contribution in [0.5, 0.6) is 0 Å². The summed E-state index contributed by atoms with van der Waals surface area (Å²) in [4.78, 5) is 12.4. The molecule has 0 saturated heterocycles. The molecule has 0 radical (unpaired) electrons. The molecule has 6 aromatic carbocycles. The lowest BCUT2D eigenvalue weighted by Crippen LogP contribution is -2.19. The predicted molar refractivity (Wildman–Crippen MR) is 218 cm³/mol. The van der Waals surface area contributed by atoms with E-state index in [1.165, 1.54) is 16.6 Å². The van der Waals surface area contributed by atoms with E-state index >= 15 is 0 Å². The average molecular weight is 672 g/mol. The van der Waals surface area contributed by atoms with Gasteiger partial charge in [-0.1, -0.05) is 97.1 Å². The minimum atomic E-state index is 0.810. The highest BCUT2D eigenvalue weighted by Gasteiger charge is 2.25. The molecule has 5 nitrogen and oxygen atoms in total. The maximum Gasteiger partial charge on any atom is 0.142 e.